The Hall–Kier alpha value is -2.06. The number of hydrogen-bond donors (Lipinski definition) is 1. The molecule has 0 unspecified atom stereocenters. The van der Waals surface area contributed by atoms with Crippen LogP contribution in [0, 0.1) is 0 Å². The van der Waals surface area contributed by atoms with Gasteiger partial charge in [-0.25, -0.2) is 4.79 Å². The van der Waals surface area contributed by atoms with E-state index < -0.39 is 17.6 Å². The molecule has 0 fully saturated rings. The molecule has 86 valence electrons. The van der Waals surface area contributed by atoms with Gasteiger partial charge in [0.25, 0.3) is 0 Å². The maximum atomic E-state index is 12.3. The third-order valence-electron chi connectivity index (χ3n) is 1.85. The molecule has 1 N–H and O–H groups in total. The van der Waals surface area contributed by atoms with Crippen LogP contribution in [0.25, 0.3) is 11.5 Å². The van der Waals surface area contributed by atoms with Crippen molar-refractivity contribution in [3.8, 4) is 11.5 Å². The number of alkyl halides is 3. The summed E-state index contributed by atoms with van der Waals surface area (Å²) in [5, 5.41) is 6.53. The topological polar surface area (TPSA) is 76.7 Å². The fourth-order valence-corrected chi connectivity index (χ4v) is 1.17. The van der Waals surface area contributed by atoms with E-state index in [2.05, 4.69) is 19.8 Å². The molecule has 0 radical (unpaired) electrons. The van der Waals surface area contributed by atoms with Gasteiger partial charge in [0.1, 0.15) is 5.69 Å². The second-order valence-electron chi connectivity index (χ2n) is 2.98. The van der Waals surface area contributed by atoms with Crippen LogP contribution in [-0.4, -0.2) is 19.9 Å². The third-order valence-corrected chi connectivity index (χ3v) is 1.85. The number of hydrogen-bond acceptors (Lipinski definition) is 4. The minimum atomic E-state index is -4.54. The van der Waals surface area contributed by atoms with E-state index in [-0.39, 0.29) is 11.5 Å². The summed E-state index contributed by atoms with van der Waals surface area (Å²) in [6, 6.07) is 0.772. The number of aromatic amines is 1. The first-order valence-corrected chi connectivity index (χ1v) is 4.05. The Morgan fingerprint density at radius 1 is 1.50 bits per heavy atom. The minimum Gasteiger partial charge on any atom is -0.296 e. The molecule has 0 aliphatic heterocycles. The van der Waals surface area contributed by atoms with Gasteiger partial charge in [0.05, 0.1) is 0 Å². The molecule has 16 heavy (non-hydrogen) atoms. The smallest absolute Gasteiger partial charge is 0.296 e. The number of rotatable bonds is 1. The van der Waals surface area contributed by atoms with Gasteiger partial charge in [0.15, 0.2) is 5.69 Å². The van der Waals surface area contributed by atoms with Crippen molar-refractivity contribution in [1.29, 1.82) is 0 Å². The number of nitrogens with one attached hydrogen (secondary N) is 1. The number of aryl methyl sites for hydroxylation is 1. The van der Waals surface area contributed by atoms with E-state index >= 15 is 0 Å². The predicted molar refractivity (Wildman–Crippen MR) is 44.3 cm³/mol. The zero-order chi connectivity index (χ0) is 11.9. The van der Waals surface area contributed by atoms with Gasteiger partial charge < -0.3 is 0 Å². The molecule has 2 aromatic rings. The fourth-order valence-electron chi connectivity index (χ4n) is 1.17. The van der Waals surface area contributed by atoms with Crippen LogP contribution >= 0.6 is 0 Å². The lowest BCUT2D eigenvalue weighted by Gasteiger charge is -1.98. The summed E-state index contributed by atoms with van der Waals surface area (Å²) in [4.78, 5) is 12.8. The number of halogens is 3. The molecule has 2 rings (SSSR count). The van der Waals surface area contributed by atoms with E-state index in [1.165, 1.54) is 7.05 Å². The van der Waals surface area contributed by atoms with E-state index in [1.54, 1.807) is 0 Å². The van der Waals surface area contributed by atoms with Gasteiger partial charge in [0, 0.05) is 7.05 Å². The first-order chi connectivity index (χ1) is 7.38. The van der Waals surface area contributed by atoms with Crippen molar-refractivity contribution in [2.75, 3.05) is 0 Å². The second kappa shape index (κ2) is 3.22. The van der Waals surface area contributed by atoms with Crippen LogP contribution in [0.3, 0.4) is 0 Å². The van der Waals surface area contributed by atoms with Gasteiger partial charge in [-0.15, -0.1) is 0 Å². The van der Waals surface area contributed by atoms with Crippen molar-refractivity contribution < 1.29 is 17.7 Å². The van der Waals surface area contributed by atoms with Crippen molar-refractivity contribution in [3.05, 3.63) is 22.3 Å². The van der Waals surface area contributed by atoms with Crippen molar-refractivity contribution in [3.63, 3.8) is 0 Å². The highest BCUT2D eigenvalue weighted by atomic mass is 19.4. The molecule has 6 nitrogen and oxygen atoms in total. The first kappa shape index (κ1) is 10.5. The Morgan fingerprint density at radius 2 is 2.19 bits per heavy atom. The van der Waals surface area contributed by atoms with Gasteiger partial charge in [-0.05, 0) is 6.07 Å². The van der Waals surface area contributed by atoms with Gasteiger partial charge in [-0.3, -0.25) is 14.2 Å². The molecule has 0 amide bonds. The summed E-state index contributed by atoms with van der Waals surface area (Å²) in [5.74, 6) is -0.944. The summed E-state index contributed by atoms with van der Waals surface area (Å²) in [7, 11) is 1.30. The highest BCUT2D eigenvalue weighted by molar-refractivity contribution is 5.49. The summed E-state index contributed by atoms with van der Waals surface area (Å²) >= 11 is 0. The maximum Gasteiger partial charge on any atom is 0.439 e. The van der Waals surface area contributed by atoms with Gasteiger partial charge in [-0.1, -0.05) is 5.16 Å². The largest absolute Gasteiger partial charge is 0.439 e. The van der Waals surface area contributed by atoms with Gasteiger partial charge >= 0.3 is 11.9 Å². The van der Waals surface area contributed by atoms with E-state index in [4.69, 9.17) is 0 Å². The molecule has 0 saturated heterocycles. The van der Waals surface area contributed by atoms with Crippen LogP contribution in [0.2, 0.25) is 0 Å². The molecular formula is C7H5F3N4O2. The van der Waals surface area contributed by atoms with E-state index in [1.807, 2.05) is 0 Å². The first-order valence-electron chi connectivity index (χ1n) is 4.05. The highest BCUT2D eigenvalue weighted by Crippen LogP contribution is 2.30. The van der Waals surface area contributed by atoms with E-state index in [9.17, 15) is 18.0 Å². The van der Waals surface area contributed by atoms with Crippen molar-refractivity contribution in [2.45, 2.75) is 6.18 Å². The normalized spacial score (nSPS) is 12.0. The zero-order valence-electron chi connectivity index (χ0n) is 7.87. The Morgan fingerprint density at radius 3 is 2.62 bits per heavy atom. The highest BCUT2D eigenvalue weighted by Gasteiger charge is 2.35. The van der Waals surface area contributed by atoms with Crippen LogP contribution < -0.4 is 5.76 Å². The minimum absolute atomic E-state index is 0.0122. The summed E-state index contributed by atoms with van der Waals surface area (Å²) in [6.07, 6.45) is -4.54. The Balaban J connectivity index is 2.51. The Kier molecular flexibility index (Phi) is 2.10. The van der Waals surface area contributed by atoms with Gasteiger partial charge in [0.2, 0.25) is 5.82 Å². The molecule has 0 aliphatic rings. The van der Waals surface area contributed by atoms with Crippen molar-refractivity contribution in [1.82, 2.24) is 19.9 Å². The average molecular weight is 234 g/mol. The van der Waals surface area contributed by atoms with Crippen LogP contribution in [0.1, 0.15) is 5.69 Å². The van der Waals surface area contributed by atoms with Crippen LogP contribution in [-0.2, 0) is 13.2 Å². The zero-order valence-corrected chi connectivity index (χ0v) is 7.87. The number of aromatic nitrogens is 4. The molecule has 0 saturated carbocycles. The molecule has 0 aliphatic carbocycles. The average Bonchev–Trinajstić information content (AvgIpc) is 2.70. The van der Waals surface area contributed by atoms with Crippen molar-refractivity contribution >= 4 is 0 Å². The van der Waals surface area contributed by atoms with Crippen LogP contribution in [0.4, 0.5) is 13.2 Å². The summed E-state index contributed by atoms with van der Waals surface area (Å²) in [5.41, 5.74) is -1.05. The molecule has 0 atom stereocenters. The lowest BCUT2D eigenvalue weighted by atomic mass is 10.3. The Bertz CT molecular complexity index is 565. The SMILES string of the molecule is Cn1nc(C(F)(F)F)cc1-c1noc(=O)[nH]1. The fraction of sp³-hybridized carbons (Fsp3) is 0.286. The molecular weight excluding hydrogens is 229 g/mol. The quantitative estimate of drug-likeness (QED) is 0.791. The number of H-pyrrole nitrogens is 1. The lowest BCUT2D eigenvalue weighted by molar-refractivity contribution is -0.141. The third kappa shape index (κ3) is 1.71. The van der Waals surface area contributed by atoms with Gasteiger partial charge in [-0.2, -0.15) is 18.3 Å². The second-order valence-corrected chi connectivity index (χ2v) is 2.98. The van der Waals surface area contributed by atoms with Crippen LogP contribution in [0.5, 0.6) is 0 Å². The van der Waals surface area contributed by atoms with E-state index in [0.717, 1.165) is 10.7 Å². The molecule has 0 aromatic carbocycles. The molecule has 2 aromatic heterocycles. The molecule has 9 heteroatoms. The Labute approximate surface area is 85.7 Å². The molecule has 0 spiro atoms. The standard InChI is InChI=1S/C7H5F3N4O2/c1-14-3(5-11-6(15)16-13-5)2-4(12-14)7(8,9)10/h2H,1H3,(H,11,13,15). The van der Waals surface area contributed by atoms with Crippen molar-refractivity contribution in [2.24, 2.45) is 7.05 Å². The molecule has 2 heterocycles. The maximum absolute atomic E-state index is 12.3. The predicted octanol–water partition coefficient (Wildman–Crippen LogP) is 0.782. The summed E-state index contributed by atoms with van der Waals surface area (Å²) in [6.45, 7) is 0. The lowest BCUT2D eigenvalue weighted by Crippen LogP contribution is -2.06. The summed E-state index contributed by atoms with van der Waals surface area (Å²) < 4.78 is 42.1. The van der Waals surface area contributed by atoms with Crippen LogP contribution in [0.15, 0.2) is 15.4 Å². The molecule has 0 bridgehead atoms. The number of nitrogens with zero attached hydrogens (tertiary/aromatic N) is 3. The monoisotopic (exact) mass is 234 g/mol. The van der Waals surface area contributed by atoms with E-state index in [0.29, 0.717) is 0 Å².